The van der Waals surface area contributed by atoms with Crippen molar-refractivity contribution in [2.24, 2.45) is 11.3 Å². The van der Waals surface area contributed by atoms with Gasteiger partial charge in [-0.25, -0.2) is 0 Å². The molecular formula is C23H31ClN2O2. The summed E-state index contributed by atoms with van der Waals surface area (Å²) in [7, 11) is 0. The van der Waals surface area contributed by atoms with Crippen LogP contribution in [0.25, 0.3) is 0 Å². The van der Waals surface area contributed by atoms with Gasteiger partial charge in [0.1, 0.15) is 0 Å². The van der Waals surface area contributed by atoms with Crippen molar-refractivity contribution in [1.82, 2.24) is 10.2 Å². The Labute approximate surface area is 174 Å². The summed E-state index contributed by atoms with van der Waals surface area (Å²) in [5.74, 6) is 5.92. The topological polar surface area (TPSA) is 52.6 Å². The maximum atomic E-state index is 10.9. The first-order valence-corrected chi connectivity index (χ1v) is 10.1. The molecule has 1 aliphatic heterocycles. The van der Waals surface area contributed by atoms with Gasteiger partial charge in [0.25, 0.3) is 0 Å². The van der Waals surface area contributed by atoms with Crippen LogP contribution in [0.1, 0.15) is 59.1 Å². The number of nitrogens with one attached hydrogen (secondary N) is 1. The minimum atomic E-state index is -0.786. The van der Waals surface area contributed by atoms with E-state index < -0.39 is 5.97 Å². The number of halogens is 1. The minimum absolute atomic E-state index is 0.0775. The maximum Gasteiger partial charge on any atom is 0.305 e. The summed E-state index contributed by atoms with van der Waals surface area (Å²) in [4.78, 5) is 12.9. The number of hydrogen-bond donors (Lipinski definition) is 2. The van der Waals surface area contributed by atoms with E-state index >= 15 is 0 Å². The Bertz CT molecular complexity index is 827. The van der Waals surface area contributed by atoms with Crippen LogP contribution in [0.4, 0.5) is 0 Å². The molecule has 1 heterocycles. The van der Waals surface area contributed by atoms with E-state index in [1.54, 1.807) is 0 Å². The van der Waals surface area contributed by atoms with Gasteiger partial charge in [-0.1, -0.05) is 43.4 Å². The maximum absolute atomic E-state index is 10.9. The molecule has 0 unspecified atom stereocenters. The first-order chi connectivity index (χ1) is 12.9. The molecule has 152 valence electrons. The van der Waals surface area contributed by atoms with Crippen molar-refractivity contribution in [2.45, 2.75) is 53.5 Å². The number of nitrogens with zero attached hydrogens (tertiary/aromatic N) is 1. The van der Waals surface area contributed by atoms with Crippen LogP contribution in [-0.4, -0.2) is 29.2 Å². The van der Waals surface area contributed by atoms with E-state index in [9.17, 15) is 4.79 Å². The van der Waals surface area contributed by atoms with E-state index in [0.717, 1.165) is 11.1 Å². The average Bonchev–Trinajstić information content (AvgIpc) is 2.58. The highest BCUT2D eigenvalue weighted by Crippen LogP contribution is 2.37. The fourth-order valence-corrected chi connectivity index (χ4v) is 3.52. The molecule has 0 radical (unpaired) electrons. The summed E-state index contributed by atoms with van der Waals surface area (Å²) in [5, 5.41) is 13.2. The van der Waals surface area contributed by atoms with Crippen molar-refractivity contribution in [3.63, 3.8) is 0 Å². The van der Waals surface area contributed by atoms with Gasteiger partial charge in [0.05, 0.1) is 23.7 Å². The lowest BCUT2D eigenvalue weighted by Gasteiger charge is -2.43. The highest BCUT2D eigenvalue weighted by molar-refractivity contribution is 6.31. The van der Waals surface area contributed by atoms with Crippen molar-refractivity contribution in [3.05, 3.63) is 46.1 Å². The van der Waals surface area contributed by atoms with E-state index in [4.69, 9.17) is 16.7 Å². The standard InChI is InChI=1S/C23H31ClN2O2/c1-16(2)19-14-26(12-10-21(27)28)15-25-23(19,6)18-8-7-17(20(24)13-18)9-11-22(3,4)5/h7-8,13-14,16,25H,10,12,15H2,1-6H3,(H,27,28)/t23-/m0/s1. The lowest BCUT2D eigenvalue weighted by Crippen LogP contribution is -2.51. The highest BCUT2D eigenvalue weighted by Gasteiger charge is 2.36. The van der Waals surface area contributed by atoms with E-state index in [0.29, 0.717) is 24.2 Å². The third-order valence-corrected chi connectivity index (χ3v) is 5.20. The molecule has 1 aromatic carbocycles. The minimum Gasteiger partial charge on any atom is -0.481 e. The lowest BCUT2D eigenvalue weighted by molar-refractivity contribution is -0.137. The van der Waals surface area contributed by atoms with Gasteiger partial charge in [0.15, 0.2) is 0 Å². The van der Waals surface area contributed by atoms with Crippen LogP contribution in [-0.2, 0) is 10.3 Å². The Morgan fingerprint density at radius 3 is 2.61 bits per heavy atom. The second-order valence-corrected chi connectivity index (χ2v) is 9.26. The van der Waals surface area contributed by atoms with Gasteiger partial charge in [0.2, 0.25) is 0 Å². The molecule has 0 saturated heterocycles. The number of rotatable bonds is 5. The fourth-order valence-electron chi connectivity index (χ4n) is 3.29. The third-order valence-electron chi connectivity index (χ3n) is 4.89. The first kappa shape index (κ1) is 22.3. The number of carboxylic acid groups (broad SMARTS) is 1. The Balaban J connectivity index is 2.36. The zero-order valence-corrected chi connectivity index (χ0v) is 18.4. The molecule has 1 aromatic rings. The summed E-state index contributed by atoms with van der Waals surface area (Å²) < 4.78 is 0. The van der Waals surface area contributed by atoms with Gasteiger partial charge in [-0.3, -0.25) is 10.1 Å². The first-order valence-electron chi connectivity index (χ1n) is 9.68. The van der Waals surface area contributed by atoms with Crippen LogP contribution in [0.15, 0.2) is 30.0 Å². The summed E-state index contributed by atoms with van der Waals surface area (Å²) in [6.45, 7) is 13.7. The molecule has 28 heavy (non-hydrogen) atoms. The van der Waals surface area contributed by atoms with Gasteiger partial charge in [-0.05, 0) is 56.9 Å². The van der Waals surface area contributed by atoms with E-state index in [1.807, 2.05) is 17.0 Å². The molecular weight excluding hydrogens is 372 g/mol. The Kier molecular flexibility index (Phi) is 6.85. The number of benzene rings is 1. The third kappa shape index (κ3) is 5.53. The average molecular weight is 403 g/mol. The largest absolute Gasteiger partial charge is 0.481 e. The van der Waals surface area contributed by atoms with Crippen molar-refractivity contribution < 1.29 is 9.90 Å². The molecule has 0 spiro atoms. The number of carbonyl (C=O) groups is 1. The number of aliphatic carboxylic acids is 1. The molecule has 0 bridgehead atoms. The molecule has 1 aliphatic rings. The lowest BCUT2D eigenvalue weighted by atomic mass is 9.78. The fraction of sp³-hybridized carbons (Fsp3) is 0.522. The monoisotopic (exact) mass is 402 g/mol. The zero-order chi connectivity index (χ0) is 21.1. The van der Waals surface area contributed by atoms with Gasteiger partial charge < -0.3 is 10.0 Å². The van der Waals surface area contributed by atoms with Crippen LogP contribution in [0.3, 0.4) is 0 Å². The van der Waals surface area contributed by atoms with Gasteiger partial charge >= 0.3 is 5.97 Å². The van der Waals surface area contributed by atoms with Crippen LogP contribution >= 0.6 is 11.6 Å². The van der Waals surface area contributed by atoms with Crippen molar-refractivity contribution in [2.75, 3.05) is 13.2 Å². The van der Waals surface area contributed by atoms with Crippen LogP contribution in [0.2, 0.25) is 5.02 Å². The molecule has 0 aromatic heterocycles. The van der Waals surface area contributed by atoms with E-state index in [2.05, 4.69) is 71.0 Å². The van der Waals surface area contributed by atoms with Crippen LogP contribution in [0, 0.1) is 23.2 Å². The molecule has 1 atom stereocenters. The second-order valence-electron chi connectivity index (χ2n) is 8.85. The molecule has 2 N–H and O–H groups in total. The second kappa shape index (κ2) is 8.59. The predicted molar refractivity (Wildman–Crippen MR) is 115 cm³/mol. The van der Waals surface area contributed by atoms with Crippen molar-refractivity contribution in [3.8, 4) is 11.8 Å². The van der Waals surface area contributed by atoms with Crippen LogP contribution in [0.5, 0.6) is 0 Å². The zero-order valence-electron chi connectivity index (χ0n) is 17.7. The van der Waals surface area contributed by atoms with Crippen molar-refractivity contribution in [1.29, 1.82) is 0 Å². The predicted octanol–water partition coefficient (Wildman–Crippen LogP) is 4.83. The Morgan fingerprint density at radius 1 is 1.39 bits per heavy atom. The molecule has 0 amide bonds. The van der Waals surface area contributed by atoms with Crippen molar-refractivity contribution >= 4 is 17.6 Å². The van der Waals surface area contributed by atoms with Gasteiger partial charge in [-0.15, -0.1) is 0 Å². The normalized spacial score (nSPS) is 19.9. The smallest absolute Gasteiger partial charge is 0.305 e. The Morgan fingerprint density at radius 2 is 2.07 bits per heavy atom. The van der Waals surface area contributed by atoms with Gasteiger partial charge in [0, 0.05) is 23.7 Å². The van der Waals surface area contributed by atoms with Gasteiger partial charge in [-0.2, -0.15) is 0 Å². The summed E-state index contributed by atoms with van der Waals surface area (Å²) >= 11 is 6.55. The van der Waals surface area contributed by atoms with Crippen LogP contribution < -0.4 is 5.32 Å². The Hall–Kier alpha value is -1.96. The molecule has 5 heteroatoms. The van der Waals surface area contributed by atoms with E-state index in [-0.39, 0.29) is 17.4 Å². The summed E-state index contributed by atoms with van der Waals surface area (Å²) in [6.07, 6.45) is 2.22. The molecule has 2 rings (SSSR count). The van der Waals surface area contributed by atoms with E-state index in [1.165, 1.54) is 5.57 Å². The molecule has 0 aliphatic carbocycles. The summed E-state index contributed by atoms with van der Waals surface area (Å²) in [5.41, 5.74) is 2.67. The summed E-state index contributed by atoms with van der Waals surface area (Å²) in [6, 6.07) is 6.05. The molecule has 0 fully saturated rings. The number of hydrogen-bond acceptors (Lipinski definition) is 3. The quantitative estimate of drug-likeness (QED) is 0.692. The number of carboxylic acids is 1. The highest BCUT2D eigenvalue weighted by atomic mass is 35.5. The SMILES string of the molecule is CC(C)C1=CN(CCC(=O)O)CN[C@@]1(C)c1ccc(C#CC(C)(C)C)c(Cl)c1. The molecule has 4 nitrogen and oxygen atoms in total. The molecule has 0 saturated carbocycles.